The first-order valence-electron chi connectivity index (χ1n) is 5.60. The van der Waals surface area contributed by atoms with Gasteiger partial charge in [0.05, 0.1) is 11.6 Å². The molecule has 0 unspecified atom stereocenters. The number of hydrogen-bond acceptors (Lipinski definition) is 2. The highest BCUT2D eigenvalue weighted by Crippen LogP contribution is 2.25. The van der Waals surface area contributed by atoms with Crippen molar-refractivity contribution in [3.63, 3.8) is 0 Å². The molecule has 2 aromatic carbocycles. The minimum absolute atomic E-state index is 0.628. The van der Waals surface area contributed by atoms with Gasteiger partial charge in [0.15, 0.2) is 0 Å². The van der Waals surface area contributed by atoms with Crippen LogP contribution in [0, 0.1) is 11.3 Å². The molecule has 0 bridgehead atoms. The first-order valence-corrected chi connectivity index (χ1v) is 5.60. The molecule has 0 aliphatic carbocycles. The van der Waals surface area contributed by atoms with Crippen molar-refractivity contribution in [2.24, 2.45) is 0 Å². The van der Waals surface area contributed by atoms with Gasteiger partial charge in [-0.15, -0.1) is 0 Å². The lowest BCUT2D eigenvalue weighted by atomic mass is 10.2. The molecule has 0 aliphatic rings. The average molecular weight is 234 g/mol. The van der Waals surface area contributed by atoms with Crippen LogP contribution in [0.4, 0.5) is 0 Å². The van der Waals surface area contributed by atoms with Crippen molar-refractivity contribution in [1.29, 1.82) is 5.26 Å². The standard InChI is InChI=1S/C15H10N2O/c16-10-11-1-3-13(4-2-11)18-14-5-6-15-12(9-14)7-8-17-15/h1-9,17H. The summed E-state index contributed by atoms with van der Waals surface area (Å²) in [7, 11) is 0. The summed E-state index contributed by atoms with van der Waals surface area (Å²) >= 11 is 0. The van der Waals surface area contributed by atoms with Crippen molar-refractivity contribution >= 4 is 10.9 Å². The number of nitrogens with zero attached hydrogens (tertiary/aromatic N) is 1. The van der Waals surface area contributed by atoms with Crippen LogP contribution in [0.1, 0.15) is 5.56 Å². The zero-order valence-corrected chi connectivity index (χ0v) is 9.55. The van der Waals surface area contributed by atoms with Gasteiger partial charge in [0.2, 0.25) is 0 Å². The topological polar surface area (TPSA) is 48.8 Å². The predicted octanol–water partition coefficient (Wildman–Crippen LogP) is 3.83. The van der Waals surface area contributed by atoms with Crippen molar-refractivity contribution in [3.8, 4) is 17.6 Å². The number of rotatable bonds is 2. The Morgan fingerprint density at radius 2 is 1.72 bits per heavy atom. The highest BCUT2D eigenvalue weighted by Gasteiger charge is 2.00. The Kier molecular flexibility index (Phi) is 2.47. The summed E-state index contributed by atoms with van der Waals surface area (Å²) in [6.07, 6.45) is 1.90. The molecular formula is C15H10N2O. The Hall–Kier alpha value is -2.73. The van der Waals surface area contributed by atoms with Gasteiger partial charge in [0, 0.05) is 17.1 Å². The van der Waals surface area contributed by atoms with Crippen molar-refractivity contribution in [1.82, 2.24) is 4.98 Å². The van der Waals surface area contributed by atoms with Crippen molar-refractivity contribution in [2.45, 2.75) is 0 Å². The zero-order chi connectivity index (χ0) is 12.4. The van der Waals surface area contributed by atoms with E-state index >= 15 is 0 Å². The van der Waals surface area contributed by atoms with E-state index < -0.39 is 0 Å². The largest absolute Gasteiger partial charge is 0.457 e. The van der Waals surface area contributed by atoms with E-state index in [1.807, 2.05) is 30.5 Å². The lowest BCUT2D eigenvalue weighted by molar-refractivity contribution is 0.483. The highest BCUT2D eigenvalue weighted by atomic mass is 16.5. The van der Waals surface area contributed by atoms with E-state index in [2.05, 4.69) is 11.1 Å². The van der Waals surface area contributed by atoms with Gasteiger partial charge in [-0.2, -0.15) is 5.26 Å². The number of aromatic nitrogens is 1. The Morgan fingerprint density at radius 1 is 0.944 bits per heavy atom. The third-order valence-corrected chi connectivity index (χ3v) is 2.74. The van der Waals surface area contributed by atoms with Crippen LogP contribution >= 0.6 is 0 Å². The third-order valence-electron chi connectivity index (χ3n) is 2.74. The van der Waals surface area contributed by atoms with Crippen LogP contribution in [-0.2, 0) is 0 Å². The Balaban J connectivity index is 1.88. The van der Waals surface area contributed by atoms with Crippen molar-refractivity contribution in [2.75, 3.05) is 0 Å². The maximum absolute atomic E-state index is 8.72. The van der Waals surface area contributed by atoms with E-state index in [1.54, 1.807) is 24.3 Å². The number of H-pyrrole nitrogens is 1. The quantitative estimate of drug-likeness (QED) is 0.732. The predicted molar refractivity (Wildman–Crippen MR) is 69.5 cm³/mol. The molecule has 3 heteroatoms. The monoisotopic (exact) mass is 234 g/mol. The second-order valence-corrected chi connectivity index (χ2v) is 3.96. The summed E-state index contributed by atoms with van der Waals surface area (Å²) in [6.45, 7) is 0. The zero-order valence-electron chi connectivity index (χ0n) is 9.55. The second-order valence-electron chi connectivity index (χ2n) is 3.96. The van der Waals surface area contributed by atoms with Crippen molar-refractivity contribution in [3.05, 3.63) is 60.3 Å². The number of nitrogens with one attached hydrogen (secondary N) is 1. The van der Waals surface area contributed by atoms with E-state index in [9.17, 15) is 0 Å². The second kappa shape index (κ2) is 4.27. The van der Waals surface area contributed by atoms with Crippen LogP contribution in [0.25, 0.3) is 10.9 Å². The molecule has 1 N–H and O–H groups in total. The maximum Gasteiger partial charge on any atom is 0.128 e. The van der Waals surface area contributed by atoms with Gasteiger partial charge < -0.3 is 9.72 Å². The fourth-order valence-electron chi connectivity index (χ4n) is 1.83. The summed E-state index contributed by atoms with van der Waals surface area (Å²) in [5, 5.41) is 9.83. The first kappa shape index (κ1) is 10.4. The molecule has 0 radical (unpaired) electrons. The van der Waals surface area contributed by atoms with E-state index in [0.717, 1.165) is 22.4 Å². The van der Waals surface area contributed by atoms with Crippen molar-refractivity contribution < 1.29 is 4.74 Å². The van der Waals surface area contributed by atoms with E-state index in [1.165, 1.54) is 0 Å². The molecule has 3 aromatic rings. The molecule has 18 heavy (non-hydrogen) atoms. The van der Waals surface area contributed by atoms with E-state index in [4.69, 9.17) is 10.00 Å². The molecule has 86 valence electrons. The Labute approximate surface area is 104 Å². The molecule has 0 aliphatic heterocycles. The van der Waals surface area contributed by atoms with Gasteiger partial charge in [0.1, 0.15) is 11.5 Å². The van der Waals surface area contributed by atoms with Gasteiger partial charge >= 0.3 is 0 Å². The lowest BCUT2D eigenvalue weighted by Crippen LogP contribution is -1.84. The summed E-state index contributed by atoms with van der Waals surface area (Å²) in [6, 6.07) is 17.0. The van der Waals surface area contributed by atoms with Crippen LogP contribution in [0.2, 0.25) is 0 Å². The fraction of sp³-hybridized carbons (Fsp3) is 0. The molecule has 0 saturated carbocycles. The molecule has 0 amide bonds. The van der Waals surface area contributed by atoms with E-state index in [-0.39, 0.29) is 0 Å². The fourth-order valence-corrected chi connectivity index (χ4v) is 1.83. The maximum atomic E-state index is 8.72. The summed E-state index contributed by atoms with van der Waals surface area (Å²) < 4.78 is 5.73. The molecular weight excluding hydrogens is 224 g/mol. The first-order chi connectivity index (χ1) is 8.85. The molecule has 0 fully saturated rings. The molecule has 3 nitrogen and oxygen atoms in total. The number of aromatic amines is 1. The molecule has 3 rings (SSSR count). The average Bonchev–Trinajstić information content (AvgIpc) is 2.87. The van der Waals surface area contributed by atoms with Gasteiger partial charge in [-0.1, -0.05) is 0 Å². The molecule has 1 aromatic heterocycles. The van der Waals surface area contributed by atoms with Crippen LogP contribution < -0.4 is 4.74 Å². The number of benzene rings is 2. The minimum Gasteiger partial charge on any atom is -0.457 e. The Bertz CT molecular complexity index is 720. The van der Waals surface area contributed by atoms with Crippen LogP contribution in [0.5, 0.6) is 11.5 Å². The van der Waals surface area contributed by atoms with Crippen LogP contribution in [0.3, 0.4) is 0 Å². The summed E-state index contributed by atoms with van der Waals surface area (Å²) in [5.41, 5.74) is 1.71. The van der Waals surface area contributed by atoms with Crippen LogP contribution in [-0.4, -0.2) is 4.98 Å². The minimum atomic E-state index is 0.628. The van der Waals surface area contributed by atoms with Gasteiger partial charge in [0.25, 0.3) is 0 Å². The Morgan fingerprint density at radius 3 is 2.50 bits per heavy atom. The molecule has 1 heterocycles. The number of fused-ring (bicyclic) bond motifs is 1. The highest BCUT2D eigenvalue weighted by molar-refractivity contribution is 5.80. The summed E-state index contributed by atoms with van der Waals surface area (Å²) in [5.74, 6) is 1.51. The smallest absolute Gasteiger partial charge is 0.128 e. The molecule has 0 atom stereocenters. The SMILES string of the molecule is N#Cc1ccc(Oc2ccc3[nH]ccc3c2)cc1. The number of nitriles is 1. The van der Waals surface area contributed by atoms with Gasteiger partial charge in [-0.3, -0.25) is 0 Å². The summed E-state index contributed by atoms with van der Waals surface area (Å²) in [4.78, 5) is 3.13. The van der Waals surface area contributed by atoms with Crippen LogP contribution in [0.15, 0.2) is 54.7 Å². The number of hydrogen-bond donors (Lipinski definition) is 1. The third kappa shape index (κ3) is 1.92. The van der Waals surface area contributed by atoms with Gasteiger partial charge in [-0.05, 0) is 48.5 Å². The van der Waals surface area contributed by atoms with E-state index in [0.29, 0.717) is 5.56 Å². The van der Waals surface area contributed by atoms with Gasteiger partial charge in [-0.25, -0.2) is 0 Å². The molecule has 0 spiro atoms. The number of ether oxygens (including phenoxy) is 1. The molecule has 0 saturated heterocycles. The normalized spacial score (nSPS) is 10.2. The lowest BCUT2D eigenvalue weighted by Gasteiger charge is -2.05.